The fourth-order valence-corrected chi connectivity index (χ4v) is 3.50. The van der Waals surface area contributed by atoms with Crippen LogP contribution in [-0.2, 0) is 6.42 Å². The Morgan fingerprint density at radius 2 is 1.81 bits per heavy atom. The van der Waals surface area contributed by atoms with Crippen LogP contribution in [0, 0.1) is 5.82 Å². The first-order chi connectivity index (χ1) is 13.1. The number of piperazine rings is 1. The van der Waals surface area contributed by atoms with Crippen molar-refractivity contribution in [1.29, 1.82) is 0 Å². The quantitative estimate of drug-likeness (QED) is 0.351. The predicted octanol–water partition coefficient (Wildman–Crippen LogP) is 2.71. The third kappa shape index (κ3) is 8.58. The van der Waals surface area contributed by atoms with E-state index in [1.807, 2.05) is 12.1 Å². The van der Waals surface area contributed by atoms with E-state index in [0.717, 1.165) is 41.9 Å². The van der Waals surface area contributed by atoms with Crippen molar-refractivity contribution in [2.24, 2.45) is 4.99 Å². The van der Waals surface area contributed by atoms with Gasteiger partial charge in [0.2, 0.25) is 0 Å². The molecule has 27 heavy (non-hydrogen) atoms. The van der Waals surface area contributed by atoms with Gasteiger partial charge in [-0.2, -0.15) is 0 Å². The summed E-state index contributed by atoms with van der Waals surface area (Å²) in [6, 6.07) is 5.24. The van der Waals surface area contributed by atoms with E-state index in [4.69, 9.17) is 0 Å². The summed E-state index contributed by atoms with van der Waals surface area (Å²) in [6.07, 6.45) is 3.92. The zero-order chi connectivity index (χ0) is 19.5. The van der Waals surface area contributed by atoms with Crippen LogP contribution in [0.4, 0.5) is 4.39 Å². The summed E-state index contributed by atoms with van der Waals surface area (Å²) >= 11 is 3.29. The molecule has 1 aliphatic heterocycles. The van der Waals surface area contributed by atoms with Gasteiger partial charge in [-0.25, -0.2) is 4.39 Å². The van der Waals surface area contributed by atoms with E-state index in [-0.39, 0.29) is 5.82 Å². The van der Waals surface area contributed by atoms with Crippen molar-refractivity contribution in [3.05, 3.63) is 34.1 Å². The molecule has 0 spiro atoms. The lowest BCUT2D eigenvalue weighted by atomic mass is 10.1. The molecule has 1 fully saturated rings. The lowest BCUT2D eigenvalue weighted by Gasteiger charge is -2.32. The second kappa shape index (κ2) is 12.3. The van der Waals surface area contributed by atoms with Crippen LogP contribution in [0.25, 0.3) is 0 Å². The number of likely N-dealkylation sites (N-methyl/N-ethyl adjacent to an activating group) is 1. The van der Waals surface area contributed by atoms with Gasteiger partial charge in [0.15, 0.2) is 5.96 Å². The van der Waals surface area contributed by atoms with Crippen LogP contribution in [0.15, 0.2) is 27.7 Å². The standard InChI is InChI=1S/C20H33BrFN5/c1-23-20(24-9-3-4-11-27-14-12-26(2)13-15-27)25-10-5-6-17-7-8-18(21)16-19(17)22/h7-8,16H,3-6,9-15H2,1-2H3,(H2,23,24,25). The fraction of sp³-hybridized carbons (Fsp3) is 0.650. The highest BCUT2D eigenvalue weighted by Gasteiger charge is 2.12. The van der Waals surface area contributed by atoms with E-state index in [1.165, 1.54) is 45.2 Å². The molecule has 152 valence electrons. The topological polar surface area (TPSA) is 42.9 Å². The highest BCUT2D eigenvalue weighted by Crippen LogP contribution is 2.16. The molecule has 0 atom stereocenters. The normalized spacial score (nSPS) is 16.5. The summed E-state index contributed by atoms with van der Waals surface area (Å²) in [7, 11) is 3.98. The summed E-state index contributed by atoms with van der Waals surface area (Å²) < 4.78 is 14.6. The first-order valence-electron chi connectivity index (χ1n) is 9.88. The number of rotatable bonds is 9. The number of unbranched alkanes of at least 4 members (excludes halogenated alkanes) is 1. The summed E-state index contributed by atoms with van der Waals surface area (Å²) in [6.45, 7) is 7.61. The van der Waals surface area contributed by atoms with E-state index in [2.05, 4.69) is 48.4 Å². The molecule has 0 aromatic heterocycles. The molecule has 1 saturated heterocycles. The van der Waals surface area contributed by atoms with Crippen LogP contribution in [0.5, 0.6) is 0 Å². The molecule has 0 unspecified atom stereocenters. The molecule has 7 heteroatoms. The number of nitrogens with one attached hydrogen (secondary N) is 2. The third-order valence-electron chi connectivity index (χ3n) is 4.94. The van der Waals surface area contributed by atoms with Crippen molar-refractivity contribution in [3.8, 4) is 0 Å². The molecule has 1 aromatic rings. The number of hydrogen-bond donors (Lipinski definition) is 2. The smallest absolute Gasteiger partial charge is 0.190 e. The summed E-state index contributed by atoms with van der Waals surface area (Å²) in [4.78, 5) is 9.19. The van der Waals surface area contributed by atoms with Crippen molar-refractivity contribution < 1.29 is 4.39 Å². The molecule has 0 amide bonds. The Morgan fingerprint density at radius 1 is 1.11 bits per heavy atom. The Labute approximate surface area is 171 Å². The first-order valence-corrected chi connectivity index (χ1v) is 10.7. The summed E-state index contributed by atoms with van der Waals surface area (Å²) in [5.74, 6) is 0.679. The number of halogens is 2. The molecule has 1 aliphatic rings. The van der Waals surface area contributed by atoms with Gasteiger partial charge in [-0.05, 0) is 57.0 Å². The lowest BCUT2D eigenvalue weighted by Crippen LogP contribution is -2.44. The van der Waals surface area contributed by atoms with Crippen LogP contribution in [0.1, 0.15) is 24.8 Å². The van der Waals surface area contributed by atoms with Crippen LogP contribution in [0.2, 0.25) is 0 Å². The average Bonchev–Trinajstić information content (AvgIpc) is 2.66. The van der Waals surface area contributed by atoms with Crippen LogP contribution in [-0.4, -0.2) is 75.7 Å². The molecule has 5 nitrogen and oxygen atoms in total. The van der Waals surface area contributed by atoms with E-state index >= 15 is 0 Å². The van der Waals surface area contributed by atoms with Crippen LogP contribution < -0.4 is 10.6 Å². The number of nitrogens with zero attached hydrogens (tertiary/aromatic N) is 3. The van der Waals surface area contributed by atoms with E-state index < -0.39 is 0 Å². The minimum Gasteiger partial charge on any atom is -0.356 e. The monoisotopic (exact) mass is 441 g/mol. The molecule has 2 rings (SSSR count). The Morgan fingerprint density at radius 3 is 2.48 bits per heavy atom. The zero-order valence-electron chi connectivity index (χ0n) is 16.6. The highest BCUT2D eigenvalue weighted by atomic mass is 79.9. The Balaban J connectivity index is 1.52. The van der Waals surface area contributed by atoms with Crippen LogP contribution >= 0.6 is 15.9 Å². The molecular formula is C20H33BrFN5. The molecule has 1 heterocycles. The molecular weight excluding hydrogens is 409 g/mol. The van der Waals surface area contributed by atoms with E-state index in [9.17, 15) is 4.39 Å². The van der Waals surface area contributed by atoms with Gasteiger partial charge in [0, 0.05) is 50.8 Å². The number of aryl methyl sites for hydroxylation is 1. The Bertz CT molecular complexity index is 588. The van der Waals surface area contributed by atoms with Gasteiger partial charge >= 0.3 is 0 Å². The SMILES string of the molecule is CN=C(NCCCCN1CCN(C)CC1)NCCCc1ccc(Br)cc1F. The van der Waals surface area contributed by atoms with E-state index in [0.29, 0.717) is 6.42 Å². The molecule has 0 bridgehead atoms. The maximum absolute atomic E-state index is 13.8. The zero-order valence-corrected chi connectivity index (χ0v) is 18.2. The largest absolute Gasteiger partial charge is 0.356 e. The third-order valence-corrected chi connectivity index (χ3v) is 5.44. The molecule has 0 radical (unpaired) electrons. The fourth-order valence-electron chi connectivity index (χ4n) is 3.17. The Hall–Kier alpha value is -1.18. The lowest BCUT2D eigenvalue weighted by molar-refractivity contribution is 0.152. The van der Waals surface area contributed by atoms with Crippen molar-refractivity contribution in [2.45, 2.75) is 25.7 Å². The van der Waals surface area contributed by atoms with Crippen molar-refractivity contribution >= 4 is 21.9 Å². The van der Waals surface area contributed by atoms with Gasteiger partial charge in [0.25, 0.3) is 0 Å². The minimum absolute atomic E-state index is 0.146. The van der Waals surface area contributed by atoms with Gasteiger partial charge in [-0.15, -0.1) is 0 Å². The van der Waals surface area contributed by atoms with Crippen molar-refractivity contribution in [3.63, 3.8) is 0 Å². The average molecular weight is 442 g/mol. The molecule has 0 saturated carbocycles. The maximum Gasteiger partial charge on any atom is 0.190 e. The van der Waals surface area contributed by atoms with Gasteiger partial charge in [-0.3, -0.25) is 4.99 Å². The van der Waals surface area contributed by atoms with Crippen molar-refractivity contribution in [1.82, 2.24) is 20.4 Å². The number of benzene rings is 1. The van der Waals surface area contributed by atoms with Crippen LogP contribution in [0.3, 0.4) is 0 Å². The van der Waals surface area contributed by atoms with Gasteiger partial charge in [0.05, 0.1) is 0 Å². The predicted molar refractivity (Wildman–Crippen MR) is 115 cm³/mol. The molecule has 1 aromatic carbocycles. The molecule has 0 aliphatic carbocycles. The minimum atomic E-state index is -0.146. The number of aliphatic imine (C=N–C) groups is 1. The Kier molecular flexibility index (Phi) is 10.1. The summed E-state index contributed by atoms with van der Waals surface area (Å²) in [5, 5.41) is 6.67. The highest BCUT2D eigenvalue weighted by molar-refractivity contribution is 9.10. The first kappa shape index (κ1) is 22.1. The van der Waals surface area contributed by atoms with Crippen molar-refractivity contribution in [2.75, 3.05) is 59.9 Å². The number of guanidine groups is 1. The molecule has 2 N–H and O–H groups in total. The maximum atomic E-state index is 13.8. The second-order valence-electron chi connectivity index (χ2n) is 7.12. The second-order valence-corrected chi connectivity index (χ2v) is 8.03. The van der Waals surface area contributed by atoms with Gasteiger partial charge in [-0.1, -0.05) is 22.0 Å². The van der Waals surface area contributed by atoms with Gasteiger partial charge < -0.3 is 20.4 Å². The number of hydrogen-bond acceptors (Lipinski definition) is 3. The van der Waals surface area contributed by atoms with E-state index in [1.54, 1.807) is 7.05 Å². The summed E-state index contributed by atoms with van der Waals surface area (Å²) in [5.41, 5.74) is 0.756. The van der Waals surface area contributed by atoms with Gasteiger partial charge in [0.1, 0.15) is 5.82 Å².